The van der Waals surface area contributed by atoms with Crippen LogP contribution in [-0.2, 0) is 13.5 Å². The van der Waals surface area contributed by atoms with Crippen LogP contribution in [0.15, 0.2) is 0 Å². The summed E-state index contributed by atoms with van der Waals surface area (Å²) in [5.74, 6) is 1.80. The van der Waals surface area contributed by atoms with Crippen LogP contribution in [0.1, 0.15) is 25.1 Å². The number of aromatic nitrogens is 4. The van der Waals surface area contributed by atoms with Gasteiger partial charge in [0.05, 0.1) is 13.2 Å². The second-order valence-electron chi connectivity index (χ2n) is 3.87. The van der Waals surface area contributed by atoms with Crippen molar-refractivity contribution in [2.45, 2.75) is 37.0 Å². The summed E-state index contributed by atoms with van der Waals surface area (Å²) < 4.78 is 0. The third kappa shape index (κ3) is 2.92. The number of aliphatic hydroxyl groups is 1. The van der Waals surface area contributed by atoms with Gasteiger partial charge in [0.1, 0.15) is 0 Å². The van der Waals surface area contributed by atoms with E-state index in [1.807, 2.05) is 11.8 Å². The van der Waals surface area contributed by atoms with Gasteiger partial charge in [-0.2, -0.15) is 16.6 Å². The second kappa shape index (κ2) is 4.94. The lowest BCUT2D eigenvalue weighted by Crippen LogP contribution is -2.28. The van der Waals surface area contributed by atoms with Crippen molar-refractivity contribution < 1.29 is 5.11 Å². The number of hydrogen-bond acceptors (Lipinski definition) is 5. The van der Waals surface area contributed by atoms with Crippen LogP contribution in [-0.4, -0.2) is 42.4 Å². The van der Waals surface area contributed by atoms with Crippen LogP contribution >= 0.6 is 11.8 Å². The first-order valence-electron chi connectivity index (χ1n) is 5.28. The van der Waals surface area contributed by atoms with E-state index in [1.165, 1.54) is 17.6 Å². The third-order valence-corrected chi connectivity index (χ3v) is 4.09. The van der Waals surface area contributed by atoms with Crippen molar-refractivity contribution in [1.29, 1.82) is 0 Å². The van der Waals surface area contributed by atoms with Gasteiger partial charge in [-0.1, -0.05) is 6.42 Å². The predicted octanol–water partition coefficient (Wildman–Crippen LogP) is 0.399. The zero-order valence-corrected chi connectivity index (χ0v) is 9.65. The quantitative estimate of drug-likeness (QED) is 0.811. The average molecular weight is 228 g/mol. The minimum absolute atomic E-state index is 0.334. The van der Waals surface area contributed by atoms with Crippen LogP contribution in [0.25, 0.3) is 0 Å². The van der Waals surface area contributed by atoms with E-state index in [-0.39, 0.29) is 6.10 Å². The minimum atomic E-state index is -0.334. The zero-order chi connectivity index (χ0) is 10.7. The van der Waals surface area contributed by atoms with Gasteiger partial charge in [0.15, 0.2) is 5.82 Å². The number of hydrogen-bond donors (Lipinski definition) is 1. The summed E-state index contributed by atoms with van der Waals surface area (Å²) in [5.41, 5.74) is 0. The Hall–Kier alpha value is -0.620. The van der Waals surface area contributed by atoms with Gasteiger partial charge >= 0.3 is 0 Å². The second-order valence-corrected chi connectivity index (χ2v) is 5.22. The Bertz CT molecular complexity index is 311. The van der Waals surface area contributed by atoms with Gasteiger partial charge < -0.3 is 5.11 Å². The molecule has 1 aromatic heterocycles. The molecule has 2 atom stereocenters. The van der Waals surface area contributed by atoms with Gasteiger partial charge in [-0.05, 0) is 23.8 Å². The van der Waals surface area contributed by atoms with Crippen LogP contribution in [0.5, 0.6) is 0 Å². The highest BCUT2D eigenvalue weighted by atomic mass is 32.2. The predicted molar refractivity (Wildman–Crippen MR) is 58.6 cm³/mol. The molecular weight excluding hydrogens is 212 g/mol. The van der Waals surface area contributed by atoms with Gasteiger partial charge in [-0.15, -0.1) is 10.2 Å². The van der Waals surface area contributed by atoms with Gasteiger partial charge in [0.25, 0.3) is 0 Å². The maximum atomic E-state index is 10.00. The lowest BCUT2D eigenvalue weighted by Gasteiger charge is -2.25. The SMILES string of the molecule is Cn1nnc(CC(O)C2CCCCS2)n1. The van der Waals surface area contributed by atoms with E-state index >= 15 is 0 Å². The molecule has 1 aliphatic rings. The molecule has 1 aliphatic heterocycles. The molecule has 1 saturated heterocycles. The van der Waals surface area contributed by atoms with E-state index in [9.17, 15) is 5.11 Å². The van der Waals surface area contributed by atoms with E-state index < -0.39 is 0 Å². The molecule has 2 unspecified atom stereocenters. The summed E-state index contributed by atoms with van der Waals surface area (Å²) in [7, 11) is 1.73. The summed E-state index contributed by atoms with van der Waals surface area (Å²) in [6.07, 6.45) is 3.79. The fourth-order valence-corrected chi connectivity index (χ4v) is 3.12. The smallest absolute Gasteiger partial charge is 0.177 e. The van der Waals surface area contributed by atoms with Crippen LogP contribution in [0.4, 0.5) is 0 Å². The summed E-state index contributed by atoms with van der Waals surface area (Å²) in [4.78, 5) is 1.43. The Kier molecular flexibility index (Phi) is 3.58. The molecule has 1 fully saturated rings. The van der Waals surface area contributed by atoms with Crippen molar-refractivity contribution in [3.63, 3.8) is 0 Å². The number of aliphatic hydroxyl groups excluding tert-OH is 1. The highest BCUT2D eigenvalue weighted by Crippen LogP contribution is 2.28. The Morgan fingerprint density at radius 1 is 1.60 bits per heavy atom. The molecule has 0 amide bonds. The molecule has 2 rings (SSSR count). The van der Waals surface area contributed by atoms with Crippen molar-refractivity contribution in [3.8, 4) is 0 Å². The molecule has 1 aromatic rings. The molecule has 0 aliphatic carbocycles. The third-order valence-electron chi connectivity index (χ3n) is 2.59. The van der Waals surface area contributed by atoms with Gasteiger partial charge in [-0.3, -0.25) is 0 Å². The van der Waals surface area contributed by atoms with Crippen molar-refractivity contribution in [2.24, 2.45) is 7.05 Å². The lowest BCUT2D eigenvalue weighted by molar-refractivity contribution is 0.163. The molecule has 0 bridgehead atoms. The standard InChI is InChI=1S/C9H16N4OS/c1-13-11-9(10-12-13)6-7(14)8-4-2-3-5-15-8/h7-8,14H,2-6H2,1H3. The van der Waals surface area contributed by atoms with Gasteiger partial charge in [0, 0.05) is 11.7 Å². The Balaban J connectivity index is 1.88. The summed E-state index contributed by atoms with van der Waals surface area (Å²) in [6.45, 7) is 0. The molecule has 84 valence electrons. The van der Waals surface area contributed by atoms with Gasteiger partial charge in [-0.25, -0.2) is 0 Å². The zero-order valence-electron chi connectivity index (χ0n) is 8.83. The first-order valence-corrected chi connectivity index (χ1v) is 6.33. The average Bonchev–Trinajstić information content (AvgIpc) is 2.65. The van der Waals surface area contributed by atoms with Crippen molar-refractivity contribution >= 4 is 11.8 Å². The monoisotopic (exact) mass is 228 g/mol. The van der Waals surface area contributed by atoms with Crippen molar-refractivity contribution in [2.75, 3.05) is 5.75 Å². The van der Waals surface area contributed by atoms with Crippen molar-refractivity contribution in [3.05, 3.63) is 5.82 Å². The number of aryl methyl sites for hydroxylation is 1. The highest BCUT2D eigenvalue weighted by Gasteiger charge is 2.23. The molecular formula is C9H16N4OS. The molecule has 0 aromatic carbocycles. The molecule has 0 spiro atoms. The van der Waals surface area contributed by atoms with Crippen molar-refractivity contribution in [1.82, 2.24) is 20.2 Å². The molecule has 0 radical (unpaired) electrons. The number of nitrogens with zero attached hydrogens (tertiary/aromatic N) is 4. The van der Waals surface area contributed by atoms with Crippen LogP contribution < -0.4 is 0 Å². The van der Waals surface area contributed by atoms with E-state index in [1.54, 1.807) is 7.05 Å². The molecule has 0 saturated carbocycles. The molecule has 6 heteroatoms. The van der Waals surface area contributed by atoms with E-state index in [0.29, 0.717) is 17.5 Å². The fourth-order valence-electron chi connectivity index (χ4n) is 1.79. The highest BCUT2D eigenvalue weighted by molar-refractivity contribution is 8.00. The molecule has 15 heavy (non-hydrogen) atoms. The molecule has 1 N–H and O–H groups in total. The fraction of sp³-hybridized carbons (Fsp3) is 0.889. The van der Waals surface area contributed by atoms with E-state index in [4.69, 9.17) is 0 Å². The summed E-state index contributed by atoms with van der Waals surface area (Å²) in [5, 5.41) is 22.1. The first kappa shape index (κ1) is 10.9. The minimum Gasteiger partial charge on any atom is -0.392 e. The van der Waals surface area contributed by atoms with E-state index in [2.05, 4.69) is 15.4 Å². The Morgan fingerprint density at radius 3 is 3.07 bits per heavy atom. The maximum Gasteiger partial charge on any atom is 0.177 e. The summed E-state index contributed by atoms with van der Waals surface area (Å²) >= 11 is 1.86. The Labute approximate surface area is 93.2 Å². The Morgan fingerprint density at radius 2 is 2.47 bits per heavy atom. The van der Waals surface area contributed by atoms with Gasteiger partial charge in [0.2, 0.25) is 0 Å². The maximum absolute atomic E-state index is 10.00. The van der Waals surface area contributed by atoms with E-state index in [0.717, 1.165) is 12.2 Å². The number of thioether (sulfide) groups is 1. The normalized spacial score (nSPS) is 24.0. The molecule has 5 nitrogen and oxygen atoms in total. The number of rotatable bonds is 3. The van der Waals surface area contributed by atoms with Crippen LogP contribution in [0.2, 0.25) is 0 Å². The van der Waals surface area contributed by atoms with Crippen LogP contribution in [0.3, 0.4) is 0 Å². The lowest BCUT2D eigenvalue weighted by atomic mass is 10.1. The first-order chi connectivity index (χ1) is 7.25. The summed E-state index contributed by atoms with van der Waals surface area (Å²) in [6, 6.07) is 0. The molecule has 2 heterocycles. The van der Waals surface area contributed by atoms with Crippen LogP contribution in [0, 0.1) is 0 Å². The topological polar surface area (TPSA) is 63.8 Å². The largest absolute Gasteiger partial charge is 0.392 e. The number of tetrazole rings is 1.